The van der Waals surface area contributed by atoms with Crippen molar-refractivity contribution in [1.82, 2.24) is 29.5 Å². The van der Waals surface area contributed by atoms with E-state index in [1.165, 1.54) is 0 Å². The van der Waals surface area contributed by atoms with Gasteiger partial charge in [0.25, 0.3) is 0 Å². The highest BCUT2D eigenvalue weighted by atomic mass is 35.5. The van der Waals surface area contributed by atoms with Crippen molar-refractivity contribution in [3.8, 4) is 22.6 Å². The van der Waals surface area contributed by atoms with Crippen molar-refractivity contribution in [3.05, 3.63) is 35.5 Å². The van der Waals surface area contributed by atoms with Crippen molar-refractivity contribution < 1.29 is 0 Å². The molecule has 0 atom stereocenters. The van der Waals surface area contributed by atoms with Crippen LogP contribution in [0.4, 0.5) is 0 Å². The van der Waals surface area contributed by atoms with Gasteiger partial charge in [-0.2, -0.15) is 10.2 Å². The number of aryl methyl sites for hydroxylation is 2. The largest absolute Gasteiger partial charge is 0.275 e. The van der Waals surface area contributed by atoms with Crippen molar-refractivity contribution in [3.63, 3.8) is 0 Å². The first-order chi connectivity index (χ1) is 9.54. The highest BCUT2D eigenvalue weighted by Crippen LogP contribution is 2.25. The molecule has 0 amide bonds. The van der Waals surface area contributed by atoms with Crippen LogP contribution in [0.25, 0.3) is 22.6 Å². The van der Waals surface area contributed by atoms with E-state index in [1.54, 1.807) is 27.8 Å². The summed E-state index contributed by atoms with van der Waals surface area (Å²) in [5.41, 5.74) is 3.51. The molecule has 102 valence electrons. The third kappa shape index (κ3) is 2.18. The zero-order chi connectivity index (χ0) is 14.3. The molecule has 0 saturated heterocycles. The molecule has 3 aromatic rings. The van der Waals surface area contributed by atoms with Crippen LogP contribution >= 0.6 is 11.6 Å². The first kappa shape index (κ1) is 12.8. The van der Waals surface area contributed by atoms with Gasteiger partial charge in [0.15, 0.2) is 5.82 Å². The van der Waals surface area contributed by atoms with Crippen LogP contribution in [0.15, 0.2) is 24.7 Å². The van der Waals surface area contributed by atoms with E-state index in [1.807, 2.05) is 27.2 Å². The van der Waals surface area contributed by atoms with E-state index in [2.05, 4.69) is 20.2 Å². The second-order valence-corrected chi connectivity index (χ2v) is 4.96. The highest BCUT2D eigenvalue weighted by Gasteiger charge is 2.13. The normalized spacial score (nSPS) is 11.0. The molecular formula is C13H13ClN6. The lowest BCUT2D eigenvalue weighted by Gasteiger charge is -2.03. The Labute approximate surface area is 121 Å². The molecule has 0 aliphatic carbocycles. The molecule has 3 heterocycles. The second kappa shape index (κ2) is 4.72. The van der Waals surface area contributed by atoms with Gasteiger partial charge in [0.2, 0.25) is 0 Å². The van der Waals surface area contributed by atoms with Crippen LogP contribution < -0.4 is 0 Å². The molecule has 0 aliphatic heterocycles. The fraction of sp³-hybridized carbons (Fsp3) is 0.231. The molecule has 0 fully saturated rings. The van der Waals surface area contributed by atoms with E-state index in [0.29, 0.717) is 11.0 Å². The Morgan fingerprint density at radius 2 is 1.90 bits per heavy atom. The third-order valence-electron chi connectivity index (χ3n) is 3.17. The SMILES string of the molecule is Cc1c(-c2nc(Cl)cc(-c3cnn(C)c3)n2)cnn1C. The Morgan fingerprint density at radius 1 is 1.10 bits per heavy atom. The molecule has 6 nitrogen and oxygen atoms in total. The van der Waals surface area contributed by atoms with Gasteiger partial charge in [-0.15, -0.1) is 0 Å². The summed E-state index contributed by atoms with van der Waals surface area (Å²) in [5, 5.41) is 8.75. The van der Waals surface area contributed by atoms with Gasteiger partial charge in [0, 0.05) is 37.6 Å². The lowest BCUT2D eigenvalue weighted by molar-refractivity contribution is 0.740. The molecule has 0 bridgehead atoms. The molecule has 0 aliphatic rings. The molecule has 0 unspecified atom stereocenters. The van der Waals surface area contributed by atoms with Crippen molar-refractivity contribution >= 4 is 11.6 Å². The van der Waals surface area contributed by atoms with Crippen molar-refractivity contribution in [2.45, 2.75) is 6.92 Å². The predicted octanol–water partition coefficient (Wildman–Crippen LogP) is 2.24. The van der Waals surface area contributed by atoms with Gasteiger partial charge in [-0.25, -0.2) is 9.97 Å². The van der Waals surface area contributed by atoms with E-state index in [4.69, 9.17) is 11.6 Å². The molecule has 0 spiro atoms. The molecule has 3 aromatic heterocycles. The molecule has 0 N–H and O–H groups in total. The van der Waals surface area contributed by atoms with Gasteiger partial charge in [-0.1, -0.05) is 11.6 Å². The van der Waals surface area contributed by atoms with E-state index < -0.39 is 0 Å². The summed E-state index contributed by atoms with van der Waals surface area (Å²) in [6, 6.07) is 1.73. The molecule has 0 aromatic carbocycles. The lowest BCUT2D eigenvalue weighted by atomic mass is 10.2. The number of rotatable bonds is 2. The van der Waals surface area contributed by atoms with Crippen LogP contribution in [-0.4, -0.2) is 29.5 Å². The minimum absolute atomic E-state index is 0.400. The fourth-order valence-corrected chi connectivity index (χ4v) is 2.14. The smallest absolute Gasteiger partial charge is 0.164 e. The van der Waals surface area contributed by atoms with Crippen LogP contribution in [0.1, 0.15) is 5.69 Å². The van der Waals surface area contributed by atoms with E-state index in [9.17, 15) is 0 Å². The maximum Gasteiger partial charge on any atom is 0.164 e. The Morgan fingerprint density at radius 3 is 2.50 bits per heavy atom. The monoisotopic (exact) mass is 288 g/mol. The maximum absolute atomic E-state index is 6.11. The highest BCUT2D eigenvalue weighted by molar-refractivity contribution is 6.29. The van der Waals surface area contributed by atoms with E-state index >= 15 is 0 Å². The van der Waals surface area contributed by atoms with Gasteiger partial charge in [0.1, 0.15) is 5.15 Å². The zero-order valence-electron chi connectivity index (χ0n) is 11.4. The van der Waals surface area contributed by atoms with Gasteiger partial charge >= 0.3 is 0 Å². The fourth-order valence-electron chi connectivity index (χ4n) is 1.96. The number of aromatic nitrogens is 6. The Bertz CT molecular complexity index is 773. The molecule has 0 radical (unpaired) electrons. The van der Waals surface area contributed by atoms with Gasteiger partial charge < -0.3 is 0 Å². The average molecular weight is 289 g/mol. The quantitative estimate of drug-likeness (QED) is 0.679. The Hall–Kier alpha value is -2.21. The minimum Gasteiger partial charge on any atom is -0.275 e. The lowest BCUT2D eigenvalue weighted by Crippen LogP contribution is -1.96. The average Bonchev–Trinajstić information content (AvgIpc) is 2.97. The van der Waals surface area contributed by atoms with Gasteiger partial charge in [0.05, 0.1) is 23.7 Å². The number of hydrogen-bond donors (Lipinski definition) is 0. The van der Waals surface area contributed by atoms with Crippen molar-refractivity contribution in [1.29, 1.82) is 0 Å². The van der Waals surface area contributed by atoms with E-state index in [0.717, 1.165) is 22.5 Å². The van der Waals surface area contributed by atoms with Gasteiger partial charge in [-0.05, 0) is 6.92 Å². The van der Waals surface area contributed by atoms with Crippen LogP contribution in [0.3, 0.4) is 0 Å². The van der Waals surface area contributed by atoms with Crippen molar-refractivity contribution in [2.75, 3.05) is 0 Å². The molecule has 0 saturated carbocycles. The number of hydrogen-bond acceptors (Lipinski definition) is 4. The van der Waals surface area contributed by atoms with Crippen LogP contribution in [0.5, 0.6) is 0 Å². The second-order valence-electron chi connectivity index (χ2n) is 4.57. The first-order valence-electron chi connectivity index (χ1n) is 6.07. The molecular weight excluding hydrogens is 276 g/mol. The van der Waals surface area contributed by atoms with Crippen LogP contribution in [0, 0.1) is 6.92 Å². The predicted molar refractivity (Wildman–Crippen MR) is 76.2 cm³/mol. The standard InChI is InChI=1S/C13H13ClN6/c1-8-10(6-16-20(8)3)13-17-11(4-12(14)18-13)9-5-15-19(2)7-9/h4-7H,1-3H3. The summed E-state index contributed by atoms with van der Waals surface area (Å²) in [7, 11) is 3.74. The summed E-state index contributed by atoms with van der Waals surface area (Å²) >= 11 is 6.11. The summed E-state index contributed by atoms with van der Waals surface area (Å²) < 4.78 is 3.50. The topological polar surface area (TPSA) is 61.4 Å². The minimum atomic E-state index is 0.400. The summed E-state index contributed by atoms with van der Waals surface area (Å²) in [5.74, 6) is 0.571. The Kier molecular flexibility index (Phi) is 3.02. The summed E-state index contributed by atoms with van der Waals surface area (Å²) in [6.45, 7) is 1.97. The third-order valence-corrected chi connectivity index (χ3v) is 3.37. The van der Waals surface area contributed by atoms with Crippen molar-refractivity contribution in [2.24, 2.45) is 14.1 Å². The maximum atomic E-state index is 6.11. The molecule has 3 rings (SSSR count). The van der Waals surface area contributed by atoms with Crippen LogP contribution in [0.2, 0.25) is 5.15 Å². The van der Waals surface area contributed by atoms with E-state index in [-0.39, 0.29) is 0 Å². The number of halogens is 1. The molecule has 7 heteroatoms. The van der Waals surface area contributed by atoms with Crippen LogP contribution in [-0.2, 0) is 14.1 Å². The van der Waals surface area contributed by atoms with Gasteiger partial charge in [-0.3, -0.25) is 9.36 Å². The zero-order valence-corrected chi connectivity index (χ0v) is 12.1. The first-order valence-corrected chi connectivity index (χ1v) is 6.45. The number of nitrogens with zero attached hydrogens (tertiary/aromatic N) is 6. The summed E-state index contributed by atoms with van der Waals surface area (Å²) in [6.07, 6.45) is 5.38. The molecule has 20 heavy (non-hydrogen) atoms. The Balaban J connectivity index is 2.14. The summed E-state index contributed by atoms with van der Waals surface area (Å²) in [4.78, 5) is 8.84.